The van der Waals surface area contributed by atoms with Crippen molar-refractivity contribution >= 4 is 11.7 Å². The number of fused-ring (bicyclic) bond motifs is 1. The maximum Gasteiger partial charge on any atom is 0.319 e. The average Bonchev–Trinajstić information content (AvgIpc) is 3.10. The minimum absolute atomic E-state index is 0.108. The fraction of sp³-hybridized carbons (Fsp3) is 0.211. The Kier molecular flexibility index (Phi) is 4.51. The van der Waals surface area contributed by atoms with Crippen LogP contribution in [0.15, 0.2) is 55.0 Å². The van der Waals surface area contributed by atoms with E-state index in [1.54, 1.807) is 30.6 Å². The molecule has 1 aliphatic rings. The van der Waals surface area contributed by atoms with Gasteiger partial charge in [0, 0.05) is 35.9 Å². The number of nitrogens with one attached hydrogen (secondary N) is 3. The highest BCUT2D eigenvalue weighted by molar-refractivity contribution is 5.89. The number of benzene rings is 1. The van der Waals surface area contributed by atoms with E-state index in [9.17, 15) is 4.79 Å². The van der Waals surface area contributed by atoms with E-state index in [1.165, 1.54) is 11.3 Å². The summed E-state index contributed by atoms with van der Waals surface area (Å²) in [5.74, 6) is 1.34. The summed E-state index contributed by atoms with van der Waals surface area (Å²) in [6, 6.07) is 10.7. The van der Waals surface area contributed by atoms with Gasteiger partial charge in [0.15, 0.2) is 0 Å². The molecule has 0 aliphatic heterocycles. The SMILES string of the molecule is O=C(Nc1cccc(Oc2ccncc2)c1)N[C@H]1CCc2[nH]ncc2C1. The zero-order valence-corrected chi connectivity index (χ0v) is 14.1. The Hall–Kier alpha value is -3.35. The van der Waals surface area contributed by atoms with Gasteiger partial charge in [-0.15, -0.1) is 0 Å². The van der Waals surface area contributed by atoms with Gasteiger partial charge in [-0.25, -0.2) is 4.79 Å². The lowest BCUT2D eigenvalue weighted by Crippen LogP contribution is -2.41. The minimum Gasteiger partial charge on any atom is -0.457 e. The molecule has 2 amide bonds. The molecule has 1 aliphatic carbocycles. The van der Waals surface area contributed by atoms with E-state index in [4.69, 9.17) is 4.74 Å². The Morgan fingerprint density at radius 3 is 2.96 bits per heavy atom. The number of hydrogen-bond donors (Lipinski definition) is 3. The van der Waals surface area contributed by atoms with Crippen LogP contribution < -0.4 is 15.4 Å². The van der Waals surface area contributed by atoms with Gasteiger partial charge in [-0.1, -0.05) is 6.07 Å². The van der Waals surface area contributed by atoms with Crippen LogP contribution in [-0.4, -0.2) is 27.3 Å². The molecule has 132 valence electrons. The molecule has 3 N–H and O–H groups in total. The molecule has 1 atom stereocenters. The molecular formula is C19H19N5O2. The molecule has 0 saturated heterocycles. The average molecular weight is 349 g/mol. The number of H-pyrrole nitrogens is 1. The van der Waals surface area contributed by atoms with E-state index in [0.717, 1.165) is 19.3 Å². The van der Waals surface area contributed by atoms with Crippen LogP contribution in [0.25, 0.3) is 0 Å². The monoisotopic (exact) mass is 349 g/mol. The van der Waals surface area contributed by atoms with Crippen molar-refractivity contribution in [1.82, 2.24) is 20.5 Å². The number of aromatic amines is 1. The lowest BCUT2D eigenvalue weighted by Gasteiger charge is -2.23. The van der Waals surface area contributed by atoms with Gasteiger partial charge in [0.25, 0.3) is 0 Å². The fourth-order valence-corrected chi connectivity index (χ4v) is 3.07. The normalized spacial score (nSPS) is 15.8. The number of nitrogens with zero attached hydrogens (tertiary/aromatic N) is 2. The highest BCUT2D eigenvalue weighted by Crippen LogP contribution is 2.24. The van der Waals surface area contributed by atoms with Gasteiger partial charge >= 0.3 is 6.03 Å². The van der Waals surface area contributed by atoms with Gasteiger partial charge in [-0.3, -0.25) is 10.1 Å². The second-order valence-corrected chi connectivity index (χ2v) is 6.22. The third-order valence-electron chi connectivity index (χ3n) is 4.33. The summed E-state index contributed by atoms with van der Waals surface area (Å²) in [5.41, 5.74) is 3.02. The molecule has 7 nitrogen and oxygen atoms in total. The van der Waals surface area contributed by atoms with Gasteiger partial charge in [0.1, 0.15) is 11.5 Å². The molecule has 0 saturated carbocycles. The van der Waals surface area contributed by atoms with Crippen LogP contribution in [0.3, 0.4) is 0 Å². The maximum absolute atomic E-state index is 12.3. The van der Waals surface area contributed by atoms with Crippen molar-refractivity contribution in [1.29, 1.82) is 0 Å². The van der Waals surface area contributed by atoms with Crippen molar-refractivity contribution in [2.45, 2.75) is 25.3 Å². The molecule has 0 radical (unpaired) electrons. The van der Waals surface area contributed by atoms with E-state index in [0.29, 0.717) is 17.2 Å². The lowest BCUT2D eigenvalue weighted by molar-refractivity contribution is 0.247. The summed E-state index contributed by atoms with van der Waals surface area (Å²) in [7, 11) is 0. The summed E-state index contributed by atoms with van der Waals surface area (Å²) in [6.07, 6.45) is 7.76. The van der Waals surface area contributed by atoms with Gasteiger partial charge in [-0.05, 0) is 49.1 Å². The number of urea groups is 1. The molecule has 3 aromatic rings. The quantitative estimate of drug-likeness (QED) is 0.674. The van der Waals surface area contributed by atoms with E-state index >= 15 is 0 Å². The third kappa shape index (κ3) is 3.83. The van der Waals surface area contributed by atoms with E-state index < -0.39 is 0 Å². The molecule has 1 aromatic carbocycles. The Morgan fingerprint density at radius 1 is 1.19 bits per heavy atom. The second kappa shape index (κ2) is 7.26. The zero-order valence-electron chi connectivity index (χ0n) is 14.1. The van der Waals surface area contributed by atoms with E-state index in [2.05, 4.69) is 25.8 Å². The van der Waals surface area contributed by atoms with E-state index in [-0.39, 0.29) is 12.1 Å². The minimum atomic E-state index is -0.219. The van der Waals surface area contributed by atoms with Crippen LogP contribution in [0, 0.1) is 0 Å². The summed E-state index contributed by atoms with van der Waals surface area (Å²) in [4.78, 5) is 16.3. The van der Waals surface area contributed by atoms with Crippen molar-refractivity contribution in [3.63, 3.8) is 0 Å². The molecular weight excluding hydrogens is 330 g/mol. The van der Waals surface area contributed by atoms with Crippen molar-refractivity contribution in [3.8, 4) is 11.5 Å². The van der Waals surface area contributed by atoms with Crippen LogP contribution >= 0.6 is 0 Å². The van der Waals surface area contributed by atoms with Crippen LogP contribution in [0.1, 0.15) is 17.7 Å². The first-order chi connectivity index (χ1) is 12.8. The van der Waals surface area contributed by atoms with Crippen LogP contribution in [0.5, 0.6) is 11.5 Å². The first-order valence-corrected chi connectivity index (χ1v) is 8.53. The number of rotatable bonds is 4. The Morgan fingerprint density at radius 2 is 2.08 bits per heavy atom. The molecule has 2 heterocycles. The number of aryl methyl sites for hydroxylation is 1. The molecule has 0 fully saturated rings. The molecule has 2 aromatic heterocycles. The fourth-order valence-electron chi connectivity index (χ4n) is 3.07. The van der Waals surface area contributed by atoms with Crippen molar-refractivity contribution in [2.24, 2.45) is 0 Å². The summed E-state index contributed by atoms with van der Waals surface area (Å²) in [6.45, 7) is 0. The number of carbonyl (C=O) groups excluding carboxylic acids is 1. The van der Waals surface area contributed by atoms with Crippen molar-refractivity contribution in [2.75, 3.05) is 5.32 Å². The Bertz CT molecular complexity index is 894. The molecule has 4 rings (SSSR count). The first kappa shape index (κ1) is 16.1. The van der Waals surface area contributed by atoms with E-state index in [1.807, 2.05) is 24.4 Å². The second-order valence-electron chi connectivity index (χ2n) is 6.22. The van der Waals surface area contributed by atoms with Gasteiger partial charge in [0.2, 0.25) is 0 Å². The highest BCUT2D eigenvalue weighted by Gasteiger charge is 2.21. The van der Waals surface area contributed by atoms with Gasteiger partial charge in [0.05, 0.1) is 6.20 Å². The molecule has 26 heavy (non-hydrogen) atoms. The molecule has 0 bridgehead atoms. The Balaban J connectivity index is 1.35. The smallest absolute Gasteiger partial charge is 0.319 e. The van der Waals surface area contributed by atoms with Gasteiger partial charge < -0.3 is 15.4 Å². The topological polar surface area (TPSA) is 91.9 Å². The summed E-state index contributed by atoms with van der Waals surface area (Å²) in [5, 5.41) is 13.0. The third-order valence-corrected chi connectivity index (χ3v) is 4.33. The Labute approximate surface area is 150 Å². The molecule has 7 heteroatoms. The predicted molar refractivity (Wildman–Crippen MR) is 97.3 cm³/mol. The predicted octanol–water partition coefficient (Wildman–Crippen LogP) is 3.28. The van der Waals surface area contributed by atoms with Crippen LogP contribution in [0.4, 0.5) is 10.5 Å². The first-order valence-electron chi connectivity index (χ1n) is 8.53. The standard InChI is InChI=1S/C19H19N5O2/c25-19(23-15-4-5-18-13(10-15)12-21-24-18)22-14-2-1-3-17(11-14)26-16-6-8-20-9-7-16/h1-3,6-9,11-12,15H,4-5,10H2,(H,21,24)(H2,22,23,25)/t15-/m0/s1. The summed E-state index contributed by atoms with van der Waals surface area (Å²) < 4.78 is 5.76. The number of hydrogen-bond acceptors (Lipinski definition) is 4. The molecule has 0 unspecified atom stereocenters. The van der Waals surface area contributed by atoms with Crippen molar-refractivity contribution in [3.05, 3.63) is 66.2 Å². The lowest BCUT2D eigenvalue weighted by atomic mass is 9.94. The highest BCUT2D eigenvalue weighted by atomic mass is 16.5. The molecule has 0 spiro atoms. The number of anilines is 1. The maximum atomic E-state index is 12.3. The number of carbonyl (C=O) groups is 1. The largest absolute Gasteiger partial charge is 0.457 e. The number of pyridine rings is 1. The van der Waals surface area contributed by atoms with Gasteiger partial charge in [-0.2, -0.15) is 5.10 Å². The number of ether oxygens (including phenoxy) is 1. The number of amides is 2. The van der Waals surface area contributed by atoms with Crippen LogP contribution in [-0.2, 0) is 12.8 Å². The zero-order chi connectivity index (χ0) is 17.8. The van der Waals surface area contributed by atoms with Crippen molar-refractivity contribution < 1.29 is 9.53 Å². The summed E-state index contributed by atoms with van der Waals surface area (Å²) >= 11 is 0. The number of aromatic nitrogens is 3. The van der Waals surface area contributed by atoms with Crippen LogP contribution in [0.2, 0.25) is 0 Å².